The van der Waals surface area contributed by atoms with Crippen molar-refractivity contribution >= 4 is 5.97 Å². The third kappa shape index (κ3) is 3.13. The van der Waals surface area contributed by atoms with Crippen LogP contribution in [0.25, 0.3) is 11.3 Å². The first-order chi connectivity index (χ1) is 9.24. The van der Waals surface area contributed by atoms with Crippen LogP contribution in [0.15, 0.2) is 35.0 Å². The monoisotopic (exact) mass is 261 g/mol. The summed E-state index contributed by atoms with van der Waals surface area (Å²) in [5, 5.41) is 3.79. The Morgan fingerprint density at radius 2 is 2.00 bits per heavy atom. The number of nitrogens with zero attached hydrogens (tertiary/aromatic N) is 1. The summed E-state index contributed by atoms with van der Waals surface area (Å²) in [5.41, 5.74) is 1.79. The summed E-state index contributed by atoms with van der Waals surface area (Å²) in [7, 11) is 2.99. The average Bonchev–Trinajstić information content (AvgIpc) is 2.93. The van der Waals surface area contributed by atoms with Gasteiger partial charge in [-0.1, -0.05) is 5.16 Å². The molecule has 0 amide bonds. The summed E-state index contributed by atoms with van der Waals surface area (Å²) in [6.45, 7) is 0. The number of carbonyl (C=O) groups is 1. The molecule has 0 atom stereocenters. The predicted molar refractivity (Wildman–Crippen MR) is 68.8 cm³/mol. The summed E-state index contributed by atoms with van der Waals surface area (Å²) < 4.78 is 15.0. The van der Waals surface area contributed by atoms with Crippen molar-refractivity contribution in [2.75, 3.05) is 14.2 Å². The van der Waals surface area contributed by atoms with Crippen LogP contribution in [0.3, 0.4) is 0 Å². The highest BCUT2D eigenvalue weighted by molar-refractivity contribution is 5.70. The van der Waals surface area contributed by atoms with Crippen LogP contribution >= 0.6 is 0 Å². The fourth-order valence-corrected chi connectivity index (χ4v) is 1.76. The van der Waals surface area contributed by atoms with Crippen molar-refractivity contribution in [2.45, 2.75) is 12.8 Å². The number of hydrogen-bond acceptors (Lipinski definition) is 5. The van der Waals surface area contributed by atoms with Crippen LogP contribution in [0, 0.1) is 0 Å². The smallest absolute Gasteiger partial charge is 0.305 e. The Bertz CT molecular complexity index is 545. The largest absolute Gasteiger partial charge is 0.497 e. The second kappa shape index (κ2) is 6.04. The highest BCUT2D eigenvalue weighted by Gasteiger charge is 2.12. The molecule has 0 radical (unpaired) electrons. The van der Waals surface area contributed by atoms with E-state index in [1.807, 2.05) is 24.3 Å². The van der Waals surface area contributed by atoms with Gasteiger partial charge in [0.15, 0.2) is 5.76 Å². The number of methoxy groups -OCH3 is 2. The maximum absolute atomic E-state index is 11.1. The maximum Gasteiger partial charge on any atom is 0.305 e. The molecule has 0 aliphatic rings. The standard InChI is InChI=1S/C14H15NO4/c1-17-12-6-3-10(4-7-12)14-11(9-15-19-14)5-8-13(16)18-2/h3-4,6-7,9H,5,8H2,1-2H3. The first-order valence-electron chi connectivity index (χ1n) is 5.89. The molecule has 0 saturated heterocycles. The minimum Gasteiger partial charge on any atom is -0.497 e. The highest BCUT2D eigenvalue weighted by Crippen LogP contribution is 2.26. The molecular formula is C14H15NO4. The number of rotatable bonds is 5. The highest BCUT2D eigenvalue weighted by atomic mass is 16.5. The lowest BCUT2D eigenvalue weighted by atomic mass is 10.1. The Labute approximate surface area is 111 Å². The van der Waals surface area contributed by atoms with Crippen LogP contribution in [-0.2, 0) is 16.0 Å². The van der Waals surface area contributed by atoms with Crippen molar-refractivity contribution < 1.29 is 18.8 Å². The second-order valence-corrected chi connectivity index (χ2v) is 3.98. The van der Waals surface area contributed by atoms with Gasteiger partial charge in [0.1, 0.15) is 5.75 Å². The third-order valence-electron chi connectivity index (χ3n) is 2.82. The zero-order chi connectivity index (χ0) is 13.7. The lowest BCUT2D eigenvalue weighted by molar-refractivity contribution is -0.140. The maximum atomic E-state index is 11.1. The molecule has 2 rings (SSSR count). The van der Waals surface area contributed by atoms with E-state index >= 15 is 0 Å². The minimum atomic E-state index is -0.248. The van der Waals surface area contributed by atoms with E-state index in [0.717, 1.165) is 16.9 Å². The van der Waals surface area contributed by atoms with Gasteiger partial charge < -0.3 is 14.0 Å². The third-order valence-corrected chi connectivity index (χ3v) is 2.82. The van der Waals surface area contributed by atoms with Gasteiger partial charge in [-0.3, -0.25) is 4.79 Å². The van der Waals surface area contributed by atoms with Gasteiger partial charge in [0.25, 0.3) is 0 Å². The van der Waals surface area contributed by atoms with E-state index in [1.165, 1.54) is 7.11 Å². The van der Waals surface area contributed by atoms with Crippen molar-refractivity contribution in [1.82, 2.24) is 5.16 Å². The summed E-state index contributed by atoms with van der Waals surface area (Å²) in [5.74, 6) is 1.20. The molecule has 0 spiro atoms. The molecule has 1 heterocycles. The second-order valence-electron chi connectivity index (χ2n) is 3.98. The first kappa shape index (κ1) is 13.1. The summed E-state index contributed by atoms with van der Waals surface area (Å²) >= 11 is 0. The molecule has 5 nitrogen and oxygen atoms in total. The average molecular weight is 261 g/mol. The lowest BCUT2D eigenvalue weighted by Crippen LogP contribution is -2.01. The lowest BCUT2D eigenvalue weighted by Gasteiger charge is -2.03. The van der Waals surface area contributed by atoms with Crippen molar-refractivity contribution in [3.05, 3.63) is 36.0 Å². The van der Waals surface area contributed by atoms with Gasteiger partial charge in [0, 0.05) is 17.5 Å². The van der Waals surface area contributed by atoms with Crippen LogP contribution in [-0.4, -0.2) is 25.3 Å². The summed E-state index contributed by atoms with van der Waals surface area (Å²) in [6.07, 6.45) is 2.47. The van der Waals surface area contributed by atoms with Crippen molar-refractivity contribution in [1.29, 1.82) is 0 Å². The number of aromatic nitrogens is 1. The van der Waals surface area contributed by atoms with Gasteiger partial charge in [0.05, 0.1) is 20.4 Å². The van der Waals surface area contributed by atoms with E-state index in [9.17, 15) is 4.79 Å². The molecule has 0 saturated carbocycles. The number of carbonyl (C=O) groups excluding carboxylic acids is 1. The minimum absolute atomic E-state index is 0.248. The van der Waals surface area contributed by atoms with Gasteiger partial charge in [-0.05, 0) is 30.7 Å². The van der Waals surface area contributed by atoms with Crippen molar-refractivity contribution in [2.24, 2.45) is 0 Å². The number of esters is 1. The molecule has 0 N–H and O–H groups in total. The number of aryl methyl sites for hydroxylation is 1. The van der Waals surface area contributed by atoms with Crippen LogP contribution < -0.4 is 4.74 Å². The Balaban J connectivity index is 2.15. The molecule has 1 aromatic heterocycles. The molecule has 0 bridgehead atoms. The van der Waals surface area contributed by atoms with E-state index in [-0.39, 0.29) is 5.97 Å². The molecule has 19 heavy (non-hydrogen) atoms. The van der Waals surface area contributed by atoms with Crippen molar-refractivity contribution in [3.8, 4) is 17.1 Å². The SMILES string of the molecule is COC(=O)CCc1cnoc1-c1ccc(OC)cc1. The molecule has 0 aliphatic carbocycles. The molecular weight excluding hydrogens is 246 g/mol. The van der Waals surface area contributed by atoms with E-state index in [2.05, 4.69) is 9.89 Å². The molecule has 1 aromatic carbocycles. The van der Waals surface area contributed by atoms with E-state index in [1.54, 1.807) is 13.3 Å². The fraction of sp³-hybridized carbons (Fsp3) is 0.286. The Morgan fingerprint density at radius 1 is 1.26 bits per heavy atom. The van der Waals surface area contributed by atoms with Gasteiger partial charge in [-0.2, -0.15) is 0 Å². The Hall–Kier alpha value is -2.30. The van der Waals surface area contributed by atoms with E-state index < -0.39 is 0 Å². The molecule has 0 aliphatic heterocycles. The van der Waals surface area contributed by atoms with Gasteiger partial charge in [0.2, 0.25) is 0 Å². The zero-order valence-corrected chi connectivity index (χ0v) is 10.9. The predicted octanol–water partition coefficient (Wildman–Crippen LogP) is 2.46. The van der Waals surface area contributed by atoms with E-state index in [0.29, 0.717) is 18.6 Å². The normalized spacial score (nSPS) is 10.2. The van der Waals surface area contributed by atoms with Gasteiger partial charge in [-0.15, -0.1) is 0 Å². The van der Waals surface area contributed by atoms with E-state index in [4.69, 9.17) is 9.26 Å². The van der Waals surface area contributed by atoms with Crippen LogP contribution in [0.5, 0.6) is 5.75 Å². The number of hydrogen-bond donors (Lipinski definition) is 0. The summed E-state index contributed by atoms with van der Waals surface area (Å²) in [6, 6.07) is 7.48. The molecule has 2 aromatic rings. The van der Waals surface area contributed by atoms with Crippen LogP contribution in [0.1, 0.15) is 12.0 Å². The number of benzene rings is 1. The topological polar surface area (TPSA) is 61.6 Å². The Morgan fingerprint density at radius 3 is 2.63 bits per heavy atom. The van der Waals surface area contributed by atoms with Crippen molar-refractivity contribution in [3.63, 3.8) is 0 Å². The van der Waals surface area contributed by atoms with Gasteiger partial charge >= 0.3 is 5.97 Å². The zero-order valence-electron chi connectivity index (χ0n) is 10.9. The summed E-state index contributed by atoms with van der Waals surface area (Å²) in [4.78, 5) is 11.1. The molecule has 0 unspecified atom stereocenters. The quantitative estimate of drug-likeness (QED) is 0.774. The molecule has 5 heteroatoms. The number of ether oxygens (including phenoxy) is 2. The van der Waals surface area contributed by atoms with Crippen LogP contribution in [0.2, 0.25) is 0 Å². The molecule has 100 valence electrons. The van der Waals surface area contributed by atoms with Gasteiger partial charge in [-0.25, -0.2) is 0 Å². The fourth-order valence-electron chi connectivity index (χ4n) is 1.76. The Kier molecular flexibility index (Phi) is 4.18. The van der Waals surface area contributed by atoms with Crippen LogP contribution in [0.4, 0.5) is 0 Å². The molecule has 0 fully saturated rings. The first-order valence-corrected chi connectivity index (χ1v) is 5.89.